The maximum Gasteiger partial charge on any atom is 0.294 e. The summed E-state index contributed by atoms with van der Waals surface area (Å²) in [4.78, 5) is 13.4. The first kappa shape index (κ1) is 29.5. The quantitative estimate of drug-likeness (QED) is 0.121. The third kappa shape index (κ3) is 8.22. The van der Waals surface area contributed by atoms with E-state index in [4.69, 9.17) is 10.5 Å². The van der Waals surface area contributed by atoms with Crippen molar-refractivity contribution >= 4 is 55.7 Å². The number of hydrogen-bond donors (Lipinski definition) is 5. The van der Waals surface area contributed by atoms with E-state index in [9.17, 15) is 25.9 Å². The zero-order chi connectivity index (χ0) is 28.8. The Morgan fingerprint density at radius 2 is 1.49 bits per heavy atom. The predicted molar refractivity (Wildman–Crippen MR) is 142 cm³/mol. The molecule has 5 N–H and O–H groups in total. The molecule has 0 saturated heterocycles. The van der Waals surface area contributed by atoms with Gasteiger partial charge in [-0.3, -0.25) is 13.8 Å². The maximum absolute atomic E-state index is 11.6. The molecule has 0 amide bonds. The van der Waals surface area contributed by atoms with Crippen LogP contribution < -0.4 is 20.3 Å². The second-order valence-corrected chi connectivity index (χ2v) is 11.6. The molecule has 18 heteroatoms. The summed E-state index contributed by atoms with van der Waals surface area (Å²) in [5.74, 6) is 0.253. The molecule has 39 heavy (non-hydrogen) atoms. The molecule has 3 rings (SSSR count). The van der Waals surface area contributed by atoms with Crippen LogP contribution in [-0.4, -0.2) is 68.1 Å². The van der Waals surface area contributed by atoms with Gasteiger partial charge in [0.15, 0.2) is 0 Å². The van der Waals surface area contributed by atoms with Gasteiger partial charge in [-0.15, -0.1) is 0 Å². The highest BCUT2D eigenvalue weighted by molar-refractivity contribution is 7.97. The van der Waals surface area contributed by atoms with E-state index >= 15 is 0 Å². The van der Waals surface area contributed by atoms with Crippen molar-refractivity contribution in [2.75, 3.05) is 42.7 Å². The smallest absolute Gasteiger partial charge is 0.294 e. The Labute approximate surface area is 228 Å². The van der Waals surface area contributed by atoms with Crippen LogP contribution in [0.3, 0.4) is 0 Å². The van der Waals surface area contributed by atoms with Crippen LogP contribution in [0.25, 0.3) is 0 Å². The van der Waals surface area contributed by atoms with Crippen molar-refractivity contribution in [2.45, 2.75) is 14.7 Å². The minimum absolute atomic E-state index is 0.0890. The monoisotopic (exact) mass is 591 g/mol. The standard InChI is InChI=1S/C21H21N9O6S3/c1-30(2)21-28-19(24-5-6-25-37-16-4-3-13(11-22)14(7-16)12-23)27-20(29-21)26-15-8-17(38(31,32)33)10-18(9-15)39(34,35)36/h3-4,7-10,25H,5-6H2,1-2H3,(H,31,32,33)(H,34,35,36)(H2,24,26,27,28,29). The molecule has 0 unspecified atom stereocenters. The van der Waals surface area contributed by atoms with E-state index in [1.807, 2.05) is 12.1 Å². The van der Waals surface area contributed by atoms with Gasteiger partial charge in [0, 0.05) is 37.8 Å². The number of rotatable bonds is 11. The van der Waals surface area contributed by atoms with Gasteiger partial charge in [-0.1, -0.05) is 0 Å². The van der Waals surface area contributed by atoms with Crippen molar-refractivity contribution < 1.29 is 25.9 Å². The Bertz CT molecular complexity index is 1630. The minimum atomic E-state index is -4.80. The second kappa shape index (κ2) is 12.2. The molecule has 3 aromatic rings. The Morgan fingerprint density at radius 1 is 0.872 bits per heavy atom. The number of benzene rings is 2. The molecule has 1 aromatic heterocycles. The zero-order valence-corrected chi connectivity index (χ0v) is 22.8. The van der Waals surface area contributed by atoms with Crippen LogP contribution in [0.4, 0.5) is 23.5 Å². The lowest BCUT2D eigenvalue weighted by Crippen LogP contribution is -2.20. The number of nitrogens with zero attached hydrogens (tertiary/aromatic N) is 6. The highest BCUT2D eigenvalue weighted by atomic mass is 32.2. The molecule has 2 aromatic carbocycles. The Balaban J connectivity index is 1.74. The van der Waals surface area contributed by atoms with Crippen molar-refractivity contribution in [3.63, 3.8) is 0 Å². The maximum atomic E-state index is 11.6. The molecule has 0 spiro atoms. The summed E-state index contributed by atoms with van der Waals surface area (Å²) in [6, 6.07) is 11.3. The van der Waals surface area contributed by atoms with Gasteiger partial charge in [-0.2, -0.15) is 42.3 Å². The van der Waals surface area contributed by atoms with Gasteiger partial charge in [0.2, 0.25) is 17.8 Å². The lowest BCUT2D eigenvalue weighted by atomic mass is 10.1. The minimum Gasteiger partial charge on any atom is -0.353 e. The molecule has 0 atom stereocenters. The number of hydrogen-bond acceptors (Lipinski definition) is 14. The lowest BCUT2D eigenvalue weighted by Gasteiger charge is -2.15. The average Bonchev–Trinajstić information content (AvgIpc) is 2.87. The van der Waals surface area contributed by atoms with Crippen LogP contribution in [-0.2, 0) is 20.2 Å². The molecule has 15 nitrogen and oxygen atoms in total. The van der Waals surface area contributed by atoms with E-state index < -0.39 is 30.0 Å². The Kier molecular flexibility index (Phi) is 9.24. The number of nitriles is 2. The van der Waals surface area contributed by atoms with Crippen LogP contribution in [0.1, 0.15) is 11.1 Å². The van der Waals surface area contributed by atoms with E-state index in [2.05, 4.69) is 30.3 Å². The SMILES string of the molecule is CN(C)c1nc(NCCNSc2ccc(C#N)c(C#N)c2)nc(Nc2cc(S(=O)(=O)O)cc(S(=O)(=O)O)c2)n1. The number of aromatic nitrogens is 3. The van der Waals surface area contributed by atoms with E-state index in [1.165, 1.54) is 11.9 Å². The summed E-state index contributed by atoms with van der Waals surface area (Å²) in [7, 11) is -6.27. The number of nitrogens with one attached hydrogen (secondary N) is 3. The van der Waals surface area contributed by atoms with Crippen LogP contribution in [0.15, 0.2) is 51.1 Å². The highest BCUT2D eigenvalue weighted by Crippen LogP contribution is 2.25. The van der Waals surface area contributed by atoms with Crippen molar-refractivity contribution in [2.24, 2.45) is 0 Å². The van der Waals surface area contributed by atoms with Gasteiger partial charge in [0.25, 0.3) is 20.2 Å². The van der Waals surface area contributed by atoms with Crippen LogP contribution in [0.2, 0.25) is 0 Å². The van der Waals surface area contributed by atoms with Crippen molar-refractivity contribution in [3.05, 3.63) is 47.5 Å². The second-order valence-electron chi connectivity index (χ2n) is 7.80. The molecule has 1 heterocycles. The normalized spacial score (nSPS) is 11.3. The molecule has 204 valence electrons. The fourth-order valence-electron chi connectivity index (χ4n) is 2.91. The molecule has 0 aliphatic carbocycles. The number of anilines is 4. The summed E-state index contributed by atoms with van der Waals surface area (Å²) in [5, 5.41) is 23.8. The van der Waals surface area contributed by atoms with Gasteiger partial charge >= 0.3 is 0 Å². The van der Waals surface area contributed by atoms with Gasteiger partial charge < -0.3 is 15.5 Å². The molecule has 0 radical (unpaired) electrons. The molecule has 0 fully saturated rings. The molecule has 0 bridgehead atoms. The highest BCUT2D eigenvalue weighted by Gasteiger charge is 2.19. The van der Waals surface area contributed by atoms with Gasteiger partial charge in [-0.05, 0) is 48.3 Å². The topological polar surface area (TPSA) is 234 Å². The van der Waals surface area contributed by atoms with Gasteiger partial charge in [-0.25, -0.2) is 0 Å². The van der Waals surface area contributed by atoms with Gasteiger partial charge in [0.05, 0.1) is 20.9 Å². The van der Waals surface area contributed by atoms with E-state index in [0.717, 1.165) is 17.0 Å². The van der Waals surface area contributed by atoms with Gasteiger partial charge in [0.1, 0.15) is 12.1 Å². The molecular weight excluding hydrogens is 570 g/mol. The fourth-order valence-corrected chi connectivity index (χ4v) is 4.77. The summed E-state index contributed by atoms with van der Waals surface area (Å²) in [5.41, 5.74) is 0.421. The van der Waals surface area contributed by atoms with E-state index in [-0.39, 0.29) is 29.1 Å². The Morgan fingerprint density at radius 3 is 2.05 bits per heavy atom. The van der Waals surface area contributed by atoms with Crippen molar-refractivity contribution in [1.29, 1.82) is 10.5 Å². The summed E-state index contributed by atoms with van der Waals surface area (Å²) in [6.07, 6.45) is 0. The fraction of sp³-hybridized carbons (Fsp3) is 0.190. The Hall–Kier alpha value is -4.04. The van der Waals surface area contributed by atoms with Crippen molar-refractivity contribution in [3.8, 4) is 12.1 Å². The van der Waals surface area contributed by atoms with Crippen molar-refractivity contribution in [1.82, 2.24) is 19.7 Å². The first-order chi connectivity index (χ1) is 18.3. The first-order valence-corrected chi connectivity index (χ1v) is 14.4. The summed E-state index contributed by atoms with van der Waals surface area (Å²) >= 11 is 1.26. The third-order valence-corrected chi connectivity index (χ3v) is 7.19. The molecular formula is C21H21N9O6S3. The lowest BCUT2D eigenvalue weighted by molar-refractivity contribution is 0.481. The van der Waals surface area contributed by atoms with Crippen LogP contribution >= 0.6 is 11.9 Å². The van der Waals surface area contributed by atoms with E-state index in [1.54, 1.807) is 37.2 Å². The molecule has 0 aliphatic rings. The van der Waals surface area contributed by atoms with Crippen LogP contribution in [0, 0.1) is 22.7 Å². The average molecular weight is 592 g/mol. The molecule has 0 saturated carbocycles. The van der Waals surface area contributed by atoms with E-state index in [0.29, 0.717) is 24.7 Å². The summed E-state index contributed by atoms with van der Waals surface area (Å²) in [6.45, 7) is 0.766. The largest absolute Gasteiger partial charge is 0.353 e. The zero-order valence-electron chi connectivity index (χ0n) is 20.3. The summed E-state index contributed by atoms with van der Waals surface area (Å²) < 4.78 is 68.2. The third-order valence-electron chi connectivity index (χ3n) is 4.69. The molecule has 0 aliphatic heterocycles. The predicted octanol–water partition coefficient (Wildman–Crippen LogP) is 1.63. The van der Waals surface area contributed by atoms with Crippen LogP contribution in [0.5, 0.6) is 0 Å². The first-order valence-electron chi connectivity index (χ1n) is 10.7.